The lowest BCUT2D eigenvalue weighted by Crippen LogP contribution is -2.10. The third kappa shape index (κ3) is 2.70. The van der Waals surface area contributed by atoms with E-state index >= 15 is 0 Å². The molecule has 0 unspecified atom stereocenters. The predicted molar refractivity (Wildman–Crippen MR) is 84.6 cm³/mol. The van der Waals surface area contributed by atoms with Crippen LogP contribution in [0.15, 0.2) is 60.7 Å². The molecule has 0 aliphatic heterocycles. The number of benzene rings is 2. The first-order valence-corrected chi connectivity index (χ1v) is 6.82. The van der Waals surface area contributed by atoms with E-state index in [1.54, 1.807) is 0 Å². The highest BCUT2D eigenvalue weighted by Crippen LogP contribution is 2.21. The number of hydrogen-bond acceptors (Lipinski definition) is 2. The van der Waals surface area contributed by atoms with Crippen molar-refractivity contribution in [3.8, 4) is 11.3 Å². The Balaban J connectivity index is 1.94. The highest BCUT2D eigenvalue weighted by molar-refractivity contribution is 5.81. The molecule has 2 heteroatoms. The molecule has 0 saturated carbocycles. The van der Waals surface area contributed by atoms with Crippen LogP contribution in [-0.4, -0.2) is 24.0 Å². The normalized spacial score (nSPS) is 11.2. The van der Waals surface area contributed by atoms with E-state index in [1.165, 1.54) is 16.5 Å². The molecule has 3 aromatic rings. The minimum atomic E-state index is 0.964. The molecule has 3 rings (SSSR count). The van der Waals surface area contributed by atoms with Gasteiger partial charge in [0.05, 0.1) is 11.2 Å². The number of rotatable bonds is 3. The molecule has 0 spiro atoms. The topological polar surface area (TPSA) is 16.1 Å². The molecule has 0 N–H and O–H groups in total. The lowest BCUT2D eigenvalue weighted by Gasteiger charge is -2.10. The average molecular weight is 262 g/mol. The zero-order chi connectivity index (χ0) is 13.9. The zero-order valence-electron chi connectivity index (χ0n) is 11.9. The summed E-state index contributed by atoms with van der Waals surface area (Å²) >= 11 is 0. The van der Waals surface area contributed by atoms with Gasteiger partial charge in [0.1, 0.15) is 0 Å². The predicted octanol–water partition coefficient (Wildman–Crippen LogP) is 3.96. The summed E-state index contributed by atoms with van der Waals surface area (Å²) in [6.07, 6.45) is 0. The summed E-state index contributed by atoms with van der Waals surface area (Å²) < 4.78 is 0. The Kier molecular flexibility index (Phi) is 3.48. The molecule has 0 amide bonds. The van der Waals surface area contributed by atoms with Crippen molar-refractivity contribution in [1.29, 1.82) is 0 Å². The Bertz CT molecular complexity index is 715. The van der Waals surface area contributed by atoms with Gasteiger partial charge in [0.15, 0.2) is 0 Å². The van der Waals surface area contributed by atoms with Crippen molar-refractivity contribution in [2.45, 2.75) is 6.54 Å². The van der Waals surface area contributed by atoms with Crippen molar-refractivity contribution in [2.24, 2.45) is 0 Å². The molecule has 0 aliphatic rings. The van der Waals surface area contributed by atoms with E-state index in [2.05, 4.69) is 67.5 Å². The Morgan fingerprint density at radius 2 is 1.60 bits per heavy atom. The highest BCUT2D eigenvalue weighted by Gasteiger charge is 2.02. The van der Waals surface area contributed by atoms with Gasteiger partial charge >= 0.3 is 0 Å². The number of para-hydroxylation sites is 1. The van der Waals surface area contributed by atoms with E-state index in [-0.39, 0.29) is 0 Å². The fourth-order valence-corrected chi connectivity index (χ4v) is 2.37. The molecule has 100 valence electrons. The fraction of sp³-hybridized carbons (Fsp3) is 0.167. The minimum Gasteiger partial charge on any atom is -0.305 e. The molecule has 2 nitrogen and oxygen atoms in total. The van der Waals surface area contributed by atoms with Gasteiger partial charge < -0.3 is 4.90 Å². The van der Waals surface area contributed by atoms with Crippen LogP contribution in [0.3, 0.4) is 0 Å². The van der Waals surface area contributed by atoms with Crippen molar-refractivity contribution in [1.82, 2.24) is 9.88 Å². The van der Waals surface area contributed by atoms with E-state index < -0.39 is 0 Å². The van der Waals surface area contributed by atoms with Crippen LogP contribution < -0.4 is 0 Å². The number of pyridine rings is 1. The first-order chi connectivity index (χ1) is 9.72. The largest absolute Gasteiger partial charge is 0.305 e. The van der Waals surface area contributed by atoms with Crippen LogP contribution in [-0.2, 0) is 6.54 Å². The van der Waals surface area contributed by atoms with Gasteiger partial charge in [-0.25, -0.2) is 4.98 Å². The summed E-state index contributed by atoms with van der Waals surface area (Å²) in [7, 11) is 4.16. The SMILES string of the molecule is CN(C)Cc1ccc(-c2ccc3ccccc3n2)cc1. The van der Waals surface area contributed by atoms with E-state index in [0.717, 1.165) is 17.8 Å². The van der Waals surface area contributed by atoms with Gasteiger partial charge in [-0.3, -0.25) is 0 Å². The van der Waals surface area contributed by atoms with Crippen LogP contribution in [0.4, 0.5) is 0 Å². The van der Waals surface area contributed by atoms with Crippen LogP contribution in [0.2, 0.25) is 0 Å². The fourth-order valence-electron chi connectivity index (χ4n) is 2.37. The Morgan fingerprint density at radius 3 is 2.35 bits per heavy atom. The van der Waals surface area contributed by atoms with Crippen LogP contribution in [0, 0.1) is 0 Å². The van der Waals surface area contributed by atoms with E-state index in [1.807, 2.05) is 12.1 Å². The molecule has 0 aliphatic carbocycles. The summed E-state index contributed by atoms with van der Waals surface area (Å²) in [5.74, 6) is 0. The summed E-state index contributed by atoms with van der Waals surface area (Å²) in [4.78, 5) is 6.90. The van der Waals surface area contributed by atoms with Crippen LogP contribution in [0.5, 0.6) is 0 Å². The van der Waals surface area contributed by atoms with Gasteiger partial charge in [0.25, 0.3) is 0 Å². The van der Waals surface area contributed by atoms with Gasteiger partial charge in [-0.05, 0) is 31.8 Å². The van der Waals surface area contributed by atoms with Crippen molar-refractivity contribution >= 4 is 10.9 Å². The summed E-state index contributed by atoms with van der Waals surface area (Å²) in [6, 6.07) is 21.1. The van der Waals surface area contributed by atoms with Crippen molar-refractivity contribution in [3.05, 3.63) is 66.2 Å². The first kappa shape index (κ1) is 12.8. The standard InChI is InChI=1S/C18H18N2/c1-20(2)13-14-7-9-16(10-8-14)18-12-11-15-5-3-4-6-17(15)19-18/h3-12H,13H2,1-2H3. The monoisotopic (exact) mass is 262 g/mol. The second-order valence-electron chi connectivity index (χ2n) is 5.32. The molecule has 0 saturated heterocycles. The second-order valence-corrected chi connectivity index (χ2v) is 5.32. The Hall–Kier alpha value is -2.19. The van der Waals surface area contributed by atoms with Gasteiger partial charge in [-0.1, -0.05) is 48.5 Å². The quantitative estimate of drug-likeness (QED) is 0.710. The van der Waals surface area contributed by atoms with Gasteiger partial charge in [0, 0.05) is 17.5 Å². The second kappa shape index (κ2) is 5.43. The summed E-state index contributed by atoms with van der Waals surface area (Å²) in [6.45, 7) is 0.964. The lowest BCUT2D eigenvalue weighted by atomic mass is 10.1. The van der Waals surface area contributed by atoms with Gasteiger partial charge in [-0.15, -0.1) is 0 Å². The van der Waals surface area contributed by atoms with Crippen LogP contribution in [0.25, 0.3) is 22.2 Å². The lowest BCUT2D eigenvalue weighted by molar-refractivity contribution is 0.402. The van der Waals surface area contributed by atoms with Crippen molar-refractivity contribution < 1.29 is 0 Å². The number of aromatic nitrogens is 1. The minimum absolute atomic E-state index is 0.964. The van der Waals surface area contributed by atoms with E-state index in [4.69, 9.17) is 4.98 Å². The summed E-state index contributed by atoms with van der Waals surface area (Å²) in [5, 5.41) is 1.18. The molecule has 0 fully saturated rings. The third-order valence-corrected chi connectivity index (χ3v) is 3.35. The van der Waals surface area contributed by atoms with Crippen molar-refractivity contribution in [3.63, 3.8) is 0 Å². The van der Waals surface area contributed by atoms with Crippen LogP contribution >= 0.6 is 0 Å². The Labute approximate surface area is 119 Å². The van der Waals surface area contributed by atoms with E-state index in [9.17, 15) is 0 Å². The maximum absolute atomic E-state index is 4.73. The third-order valence-electron chi connectivity index (χ3n) is 3.35. The molecule has 0 atom stereocenters. The smallest absolute Gasteiger partial charge is 0.0709 e. The molecule has 0 bridgehead atoms. The summed E-state index contributed by atoms with van der Waals surface area (Å²) in [5.41, 5.74) is 4.56. The molecule has 2 aromatic carbocycles. The maximum atomic E-state index is 4.73. The molecular weight excluding hydrogens is 244 g/mol. The highest BCUT2D eigenvalue weighted by atomic mass is 15.0. The Morgan fingerprint density at radius 1 is 0.850 bits per heavy atom. The van der Waals surface area contributed by atoms with Crippen LogP contribution in [0.1, 0.15) is 5.56 Å². The van der Waals surface area contributed by atoms with Gasteiger partial charge in [0.2, 0.25) is 0 Å². The maximum Gasteiger partial charge on any atom is 0.0709 e. The average Bonchev–Trinajstić information content (AvgIpc) is 2.47. The molecule has 1 aromatic heterocycles. The first-order valence-electron chi connectivity index (χ1n) is 6.82. The van der Waals surface area contributed by atoms with E-state index in [0.29, 0.717) is 0 Å². The number of nitrogens with zero attached hydrogens (tertiary/aromatic N) is 2. The van der Waals surface area contributed by atoms with Crippen molar-refractivity contribution in [2.75, 3.05) is 14.1 Å². The van der Waals surface area contributed by atoms with Gasteiger partial charge in [-0.2, -0.15) is 0 Å². The molecule has 0 radical (unpaired) electrons. The molecular formula is C18H18N2. The molecule has 1 heterocycles. The molecule has 20 heavy (non-hydrogen) atoms. The number of fused-ring (bicyclic) bond motifs is 1. The number of hydrogen-bond donors (Lipinski definition) is 0. The zero-order valence-corrected chi connectivity index (χ0v) is 11.9.